The van der Waals surface area contributed by atoms with E-state index in [2.05, 4.69) is 20.8 Å². The highest BCUT2D eigenvalue weighted by Crippen LogP contribution is 2.10. The second kappa shape index (κ2) is 4.79. The Balaban J connectivity index is 1.68. The molecule has 2 amide bonds. The third-order valence-electron chi connectivity index (χ3n) is 2.32. The fourth-order valence-electron chi connectivity index (χ4n) is 1.47. The number of nitrogens with zero attached hydrogens (tertiary/aromatic N) is 1. The highest BCUT2D eigenvalue weighted by molar-refractivity contribution is 5.88. The first-order chi connectivity index (χ1) is 7.34. The van der Waals surface area contributed by atoms with Gasteiger partial charge in [0.15, 0.2) is 0 Å². The molecule has 1 aliphatic rings. The molecule has 0 aromatic carbocycles. The van der Waals surface area contributed by atoms with Crippen molar-refractivity contribution in [1.29, 1.82) is 0 Å². The number of H-pyrrole nitrogens is 1. The summed E-state index contributed by atoms with van der Waals surface area (Å²) in [4.78, 5) is 11.4. The van der Waals surface area contributed by atoms with Crippen molar-refractivity contribution in [3.05, 3.63) is 12.3 Å². The van der Waals surface area contributed by atoms with Crippen molar-refractivity contribution in [3.63, 3.8) is 0 Å². The second-order valence-corrected chi connectivity index (χ2v) is 3.53. The van der Waals surface area contributed by atoms with Gasteiger partial charge in [-0.15, -0.1) is 0 Å². The third kappa shape index (κ3) is 2.95. The zero-order valence-corrected chi connectivity index (χ0v) is 8.32. The van der Waals surface area contributed by atoms with Crippen LogP contribution >= 0.6 is 0 Å². The van der Waals surface area contributed by atoms with E-state index in [0.717, 1.165) is 19.6 Å². The quantitative estimate of drug-likeness (QED) is 0.682. The Hall–Kier alpha value is -1.56. The lowest BCUT2D eigenvalue weighted by molar-refractivity contribution is 0.185. The smallest absolute Gasteiger partial charge is 0.320 e. The maximum atomic E-state index is 11.4. The number of hydrogen-bond donors (Lipinski definition) is 3. The lowest BCUT2D eigenvalue weighted by Crippen LogP contribution is -2.33. The first-order valence-electron chi connectivity index (χ1n) is 4.96. The molecule has 1 fully saturated rings. The summed E-state index contributed by atoms with van der Waals surface area (Å²) in [5.74, 6) is 1.03. The molecule has 0 aliphatic carbocycles. The molecule has 1 aromatic rings. The van der Waals surface area contributed by atoms with Crippen molar-refractivity contribution in [2.75, 3.05) is 25.1 Å². The van der Waals surface area contributed by atoms with Crippen LogP contribution in [-0.2, 0) is 4.74 Å². The van der Waals surface area contributed by atoms with Gasteiger partial charge in [0, 0.05) is 25.1 Å². The minimum atomic E-state index is -0.217. The number of nitrogens with one attached hydrogen (secondary N) is 3. The highest BCUT2D eigenvalue weighted by atomic mass is 16.5. The summed E-state index contributed by atoms with van der Waals surface area (Å²) in [6.45, 7) is 2.19. The van der Waals surface area contributed by atoms with E-state index in [1.807, 2.05) is 0 Å². The number of carbonyl (C=O) groups is 1. The molecule has 15 heavy (non-hydrogen) atoms. The summed E-state index contributed by atoms with van der Waals surface area (Å²) >= 11 is 0. The second-order valence-electron chi connectivity index (χ2n) is 3.53. The Labute approximate surface area is 87.4 Å². The molecule has 3 N–H and O–H groups in total. The zero-order valence-electron chi connectivity index (χ0n) is 8.32. The molecule has 0 radical (unpaired) electrons. The number of rotatable bonds is 3. The minimum absolute atomic E-state index is 0.217. The van der Waals surface area contributed by atoms with Gasteiger partial charge in [0.2, 0.25) is 0 Å². The summed E-state index contributed by atoms with van der Waals surface area (Å²) < 4.78 is 5.21. The van der Waals surface area contributed by atoms with Crippen LogP contribution in [-0.4, -0.2) is 36.0 Å². The highest BCUT2D eigenvalue weighted by Gasteiger charge is 2.16. The van der Waals surface area contributed by atoms with E-state index in [0.29, 0.717) is 18.3 Å². The van der Waals surface area contributed by atoms with Crippen LogP contribution in [0, 0.1) is 5.92 Å². The van der Waals surface area contributed by atoms with E-state index in [1.165, 1.54) is 0 Å². The van der Waals surface area contributed by atoms with Gasteiger partial charge in [-0.1, -0.05) is 0 Å². The summed E-state index contributed by atoms with van der Waals surface area (Å²) in [6.07, 6.45) is 2.60. The fourth-order valence-corrected chi connectivity index (χ4v) is 1.47. The van der Waals surface area contributed by atoms with Crippen LogP contribution in [0.15, 0.2) is 12.3 Å². The van der Waals surface area contributed by atoms with E-state index in [4.69, 9.17) is 4.74 Å². The average molecular weight is 210 g/mol. The number of amides is 2. The van der Waals surface area contributed by atoms with Crippen molar-refractivity contribution in [2.24, 2.45) is 5.92 Å². The van der Waals surface area contributed by atoms with Gasteiger partial charge in [0.25, 0.3) is 0 Å². The number of aromatic amines is 1. The summed E-state index contributed by atoms with van der Waals surface area (Å²) in [5, 5.41) is 11.8. The normalized spacial score (nSPS) is 20.1. The molecule has 0 unspecified atom stereocenters. The van der Waals surface area contributed by atoms with Crippen LogP contribution in [0.5, 0.6) is 0 Å². The Bertz CT molecular complexity index is 306. The molecule has 6 nitrogen and oxygen atoms in total. The molecule has 82 valence electrons. The third-order valence-corrected chi connectivity index (χ3v) is 2.32. The Morgan fingerprint density at radius 3 is 3.33 bits per heavy atom. The van der Waals surface area contributed by atoms with Gasteiger partial charge in [-0.05, 0) is 6.42 Å². The van der Waals surface area contributed by atoms with Crippen LogP contribution in [0.1, 0.15) is 6.42 Å². The van der Waals surface area contributed by atoms with Crippen LogP contribution in [0.2, 0.25) is 0 Å². The van der Waals surface area contributed by atoms with Crippen molar-refractivity contribution in [2.45, 2.75) is 6.42 Å². The summed E-state index contributed by atoms with van der Waals surface area (Å²) in [7, 11) is 0. The Kier molecular flexibility index (Phi) is 3.18. The van der Waals surface area contributed by atoms with Crippen LogP contribution in [0.25, 0.3) is 0 Å². The van der Waals surface area contributed by atoms with Crippen molar-refractivity contribution in [1.82, 2.24) is 15.5 Å². The van der Waals surface area contributed by atoms with E-state index in [1.54, 1.807) is 12.3 Å². The minimum Gasteiger partial charge on any atom is -0.381 e. The predicted octanol–water partition coefficient (Wildman–Crippen LogP) is 0.568. The first-order valence-corrected chi connectivity index (χ1v) is 4.96. The molecule has 2 rings (SSSR count). The lowest BCUT2D eigenvalue weighted by Gasteiger charge is -2.09. The maximum Gasteiger partial charge on any atom is 0.320 e. The topological polar surface area (TPSA) is 79.0 Å². The van der Waals surface area contributed by atoms with Gasteiger partial charge in [0.1, 0.15) is 5.82 Å². The van der Waals surface area contributed by atoms with Crippen molar-refractivity contribution >= 4 is 11.8 Å². The number of urea groups is 1. The van der Waals surface area contributed by atoms with Gasteiger partial charge < -0.3 is 10.1 Å². The van der Waals surface area contributed by atoms with Gasteiger partial charge in [0.05, 0.1) is 12.8 Å². The summed E-state index contributed by atoms with van der Waals surface area (Å²) in [6, 6.07) is 1.48. The molecule has 1 saturated heterocycles. The van der Waals surface area contributed by atoms with Gasteiger partial charge in [-0.3, -0.25) is 10.4 Å². The number of aromatic nitrogens is 2. The molecule has 0 saturated carbocycles. The number of carbonyl (C=O) groups excluding carboxylic acids is 1. The molecular formula is C9H14N4O2. The van der Waals surface area contributed by atoms with E-state index in [-0.39, 0.29) is 6.03 Å². The largest absolute Gasteiger partial charge is 0.381 e. The lowest BCUT2D eigenvalue weighted by atomic mass is 10.1. The summed E-state index contributed by atoms with van der Waals surface area (Å²) in [5.41, 5.74) is 0. The number of hydrogen-bond acceptors (Lipinski definition) is 3. The van der Waals surface area contributed by atoms with Crippen molar-refractivity contribution < 1.29 is 9.53 Å². The monoisotopic (exact) mass is 210 g/mol. The molecule has 1 aliphatic heterocycles. The van der Waals surface area contributed by atoms with Gasteiger partial charge in [-0.2, -0.15) is 5.10 Å². The average Bonchev–Trinajstić information content (AvgIpc) is 2.86. The SMILES string of the molecule is O=C(NC[C@H]1CCOC1)Nc1ccn[nH]1. The number of anilines is 1. The molecule has 1 aromatic heterocycles. The van der Waals surface area contributed by atoms with Gasteiger partial charge in [-0.25, -0.2) is 4.79 Å². The zero-order chi connectivity index (χ0) is 10.5. The molecule has 0 spiro atoms. The van der Waals surface area contributed by atoms with E-state index < -0.39 is 0 Å². The molecule has 2 heterocycles. The molecule has 6 heteroatoms. The Morgan fingerprint density at radius 2 is 2.67 bits per heavy atom. The Morgan fingerprint density at radius 1 is 1.73 bits per heavy atom. The van der Waals surface area contributed by atoms with Crippen molar-refractivity contribution in [3.8, 4) is 0 Å². The standard InChI is InChI=1S/C9H14N4O2/c14-9(12-8-1-3-11-13-8)10-5-7-2-4-15-6-7/h1,3,7H,2,4-6H2,(H3,10,11,12,13,14)/t7-/m1/s1. The van der Waals surface area contributed by atoms with Gasteiger partial charge >= 0.3 is 6.03 Å². The number of ether oxygens (including phenoxy) is 1. The maximum absolute atomic E-state index is 11.4. The van der Waals surface area contributed by atoms with Crippen LogP contribution in [0.4, 0.5) is 10.6 Å². The molecule has 1 atom stereocenters. The first kappa shape index (κ1) is 9.97. The van der Waals surface area contributed by atoms with Crippen LogP contribution < -0.4 is 10.6 Å². The molecule has 0 bridgehead atoms. The fraction of sp³-hybridized carbons (Fsp3) is 0.556. The van der Waals surface area contributed by atoms with E-state index in [9.17, 15) is 4.79 Å². The van der Waals surface area contributed by atoms with Crippen LogP contribution in [0.3, 0.4) is 0 Å². The van der Waals surface area contributed by atoms with E-state index >= 15 is 0 Å². The molecular weight excluding hydrogens is 196 g/mol. The predicted molar refractivity (Wildman–Crippen MR) is 54.5 cm³/mol.